The molecular weight excluding hydrogens is 499 g/mol. The third-order valence-electron chi connectivity index (χ3n) is 6.26. The van der Waals surface area contributed by atoms with Crippen LogP contribution >= 0.6 is 27.5 Å². The Balaban J connectivity index is 2.26. The third kappa shape index (κ3) is 3.79. The topological polar surface area (TPSA) is 55.4 Å². The van der Waals surface area contributed by atoms with Crippen molar-refractivity contribution in [1.82, 2.24) is 5.32 Å². The number of hydrogen-bond acceptors (Lipinski definition) is 4. The van der Waals surface area contributed by atoms with E-state index in [-0.39, 0.29) is 5.56 Å². The van der Waals surface area contributed by atoms with Crippen LogP contribution in [-0.2, 0) is 9.53 Å². The molecule has 0 aromatic heterocycles. The van der Waals surface area contributed by atoms with Crippen LogP contribution in [0.2, 0.25) is 5.02 Å². The standard InChI is InChI=1S/C22H20BrClF3NO3/c1-20(22(25,26)27)16(18(29)13-6-10-15(24)11-7-13)17(12-4-8-14(23)9-5-12)28-21(20,2)19(30)31-3/h4-11,16-17,28H,1-3H3/t16-,17+,20-,21-/m1/s1. The first-order valence-corrected chi connectivity index (χ1v) is 10.5. The molecule has 0 unspecified atom stereocenters. The van der Waals surface area contributed by atoms with Gasteiger partial charge in [-0.25, -0.2) is 0 Å². The molecule has 0 saturated carbocycles. The average Bonchev–Trinajstić information content (AvgIpc) is 2.97. The minimum absolute atomic E-state index is 0.0721. The van der Waals surface area contributed by atoms with Gasteiger partial charge in [0.2, 0.25) is 0 Å². The monoisotopic (exact) mass is 517 g/mol. The average molecular weight is 519 g/mol. The van der Waals surface area contributed by atoms with Crippen LogP contribution in [0, 0.1) is 11.3 Å². The summed E-state index contributed by atoms with van der Waals surface area (Å²) < 4.78 is 49.4. The quantitative estimate of drug-likeness (QED) is 0.414. The van der Waals surface area contributed by atoms with Crippen molar-refractivity contribution in [2.24, 2.45) is 11.3 Å². The molecule has 31 heavy (non-hydrogen) atoms. The van der Waals surface area contributed by atoms with Crippen molar-refractivity contribution in [3.8, 4) is 0 Å². The molecule has 1 fully saturated rings. The molecule has 3 rings (SSSR count). The molecule has 0 radical (unpaired) electrons. The molecule has 2 aromatic carbocycles. The molecule has 166 valence electrons. The van der Waals surface area contributed by atoms with E-state index in [9.17, 15) is 22.8 Å². The molecule has 0 aliphatic carbocycles. The van der Waals surface area contributed by atoms with Crippen molar-refractivity contribution < 1.29 is 27.5 Å². The molecule has 2 aromatic rings. The number of esters is 1. The highest BCUT2D eigenvalue weighted by Gasteiger charge is 2.75. The lowest BCUT2D eigenvalue weighted by Crippen LogP contribution is -2.62. The van der Waals surface area contributed by atoms with E-state index in [2.05, 4.69) is 21.2 Å². The number of carbonyl (C=O) groups is 2. The number of ketones is 1. The number of hydrogen-bond donors (Lipinski definition) is 1. The van der Waals surface area contributed by atoms with Gasteiger partial charge in [0, 0.05) is 21.1 Å². The molecule has 1 aliphatic rings. The fourth-order valence-corrected chi connectivity index (χ4v) is 4.67. The molecule has 1 heterocycles. The number of rotatable bonds is 4. The summed E-state index contributed by atoms with van der Waals surface area (Å²) in [5, 5.41) is 3.16. The second kappa shape index (κ2) is 8.22. The van der Waals surface area contributed by atoms with Gasteiger partial charge in [-0.05, 0) is 55.8 Å². The van der Waals surface area contributed by atoms with E-state index < -0.39 is 40.8 Å². The Kier molecular flexibility index (Phi) is 6.30. The fourth-order valence-electron chi connectivity index (χ4n) is 4.28. The highest BCUT2D eigenvalue weighted by molar-refractivity contribution is 9.10. The SMILES string of the molecule is COC(=O)[C@@]1(C)N[C@@H](c2ccc(Br)cc2)[C@H](C(=O)c2ccc(Cl)cc2)[C@@]1(C)C(F)(F)F. The van der Waals surface area contributed by atoms with Gasteiger partial charge < -0.3 is 4.74 Å². The molecule has 9 heteroatoms. The Morgan fingerprint density at radius 3 is 2.10 bits per heavy atom. The van der Waals surface area contributed by atoms with Crippen molar-refractivity contribution in [2.75, 3.05) is 7.11 Å². The molecule has 1 aliphatic heterocycles. The molecule has 1 N–H and O–H groups in total. The summed E-state index contributed by atoms with van der Waals surface area (Å²) in [7, 11) is 1.02. The molecule has 0 spiro atoms. The van der Waals surface area contributed by atoms with E-state index in [1.165, 1.54) is 24.3 Å². The van der Waals surface area contributed by atoms with Gasteiger partial charge in [0.15, 0.2) is 5.78 Å². The Morgan fingerprint density at radius 1 is 1.06 bits per heavy atom. The van der Waals surface area contributed by atoms with E-state index in [1.807, 2.05) is 0 Å². The molecule has 4 atom stereocenters. The van der Waals surface area contributed by atoms with Crippen LogP contribution in [0.1, 0.15) is 35.8 Å². The fraction of sp³-hybridized carbons (Fsp3) is 0.364. The number of methoxy groups -OCH3 is 1. The normalized spacial score (nSPS) is 28.4. The maximum absolute atomic E-state index is 14.7. The zero-order valence-corrected chi connectivity index (χ0v) is 19.2. The van der Waals surface area contributed by atoms with Gasteiger partial charge >= 0.3 is 12.1 Å². The van der Waals surface area contributed by atoms with Gasteiger partial charge in [-0.15, -0.1) is 0 Å². The molecular formula is C22H20BrClF3NO3. The summed E-state index contributed by atoms with van der Waals surface area (Å²) in [5.74, 6) is -3.48. The smallest absolute Gasteiger partial charge is 0.397 e. The predicted molar refractivity (Wildman–Crippen MR) is 114 cm³/mol. The van der Waals surface area contributed by atoms with Gasteiger partial charge in [-0.3, -0.25) is 14.9 Å². The van der Waals surface area contributed by atoms with Crippen LogP contribution in [0.15, 0.2) is 53.0 Å². The summed E-state index contributed by atoms with van der Waals surface area (Å²) in [4.78, 5) is 26.2. The Morgan fingerprint density at radius 2 is 1.61 bits per heavy atom. The van der Waals surface area contributed by atoms with Crippen molar-refractivity contribution in [3.63, 3.8) is 0 Å². The minimum atomic E-state index is -4.90. The number of benzene rings is 2. The number of nitrogens with one attached hydrogen (secondary N) is 1. The van der Waals surface area contributed by atoms with E-state index in [0.717, 1.165) is 25.4 Å². The Bertz CT molecular complexity index is 997. The van der Waals surface area contributed by atoms with Crippen LogP contribution in [0.4, 0.5) is 13.2 Å². The van der Waals surface area contributed by atoms with Gasteiger partial charge in [0.1, 0.15) is 11.0 Å². The number of Topliss-reactive ketones (excluding diaryl/α,β-unsaturated/α-hetero) is 1. The zero-order chi connectivity index (χ0) is 23.2. The molecule has 0 amide bonds. The number of halogens is 5. The first-order chi connectivity index (χ1) is 14.4. The zero-order valence-electron chi connectivity index (χ0n) is 16.9. The first kappa shape index (κ1) is 23.8. The van der Waals surface area contributed by atoms with Gasteiger partial charge in [-0.1, -0.05) is 39.7 Å². The van der Waals surface area contributed by atoms with Gasteiger partial charge in [-0.2, -0.15) is 13.2 Å². The third-order valence-corrected chi connectivity index (χ3v) is 7.04. The van der Waals surface area contributed by atoms with Crippen LogP contribution < -0.4 is 5.32 Å². The second-order valence-corrected chi connectivity index (χ2v) is 9.19. The number of alkyl halides is 3. The lowest BCUT2D eigenvalue weighted by atomic mass is 9.63. The lowest BCUT2D eigenvalue weighted by molar-refractivity contribution is -0.245. The van der Waals surface area contributed by atoms with E-state index in [4.69, 9.17) is 16.3 Å². The summed E-state index contributed by atoms with van der Waals surface area (Å²) in [6, 6.07) is 11.1. The summed E-state index contributed by atoms with van der Waals surface area (Å²) in [6.07, 6.45) is -4.90. The maximum atomic E-state index is 14.7. The van der Waals surface area contributed by atoms with Crippen LogP contribution in [0.3, 0.4) is 0 Å². The number of carbonyl (C=O) groups excluding carboxylic acids is 2. The summed E-state index contributed by atoms with van der Waals surface area (Å²) in [5.41, 5.74) is -4.45. The minimum Gasteiger partial charge on any atom is -0.468 e. The van der Waals surface area contributed by atoms with Crippen molar-refractivity contribution in [3.05, 3.63) is 69.2 Å². The Labute approximate surface area is 191 Å². The number of ether oxygens (including phenoxy) is 1. The van der Waals surface area contributed by atoms with Gasteiger partial charge in [0.25, 0.3) is 0 Å². The first-order valence-electron chi connectivity index (χ1n) is 9.35. The highest BCUT2D eigenvalue weighted by Crippen LogP contribution is 2.60. The molecule has 0 bridgehead atoms. The van der Waals surface area contributed by atoms with Crippen LogP contribution in [-0.4, -0.2) is 30.6 Å². The van der Waals surface area contributed by atoms with E-state index in [0.29, 0.717) is 10.6 Å². The van der Waals surface area contributed by atoms with Crippen molar-refractivity contribution in [1.29, 1.82) is 0 Å². The van der Waals surface area contributed by atoms with Crippen molar-refractivity contribution in [2.45, 2.75) is 31.6 Å². The predicted octanol–water partition coefficient (Wildman–Crippen LogP) is 5.75. The molecule has 4 nitrogen and oxygen atoms in total. The largest absolute Gasteiger partial charge is 0.468 e. The van der Waals surface area contributed by atoms with Crippen molar-refractivity contribution >= 4 is 39.3 Å². The second-order valence-electron chi connectivity index (χ2n) is 7.84. The van der Waals surface area contributed by atoms with Gasteiger partial charge in [0.05, 0.1) is 13.0 Å². The summed E-state index contributed by atoms with van der Waals surface area (Å²) >= 11 is 9.18. The highest BCUT2D eigenvalue weighted by atomic mass is 79.9. The maximum Gasteiger partial charge on any atom is 0.397 e. The summed E-state index contributed by atoms with van der Waals surface area (Å²) in [6.45, 7) is 2.03. The van der Waals surface area contributed by atoms with E-state index >= 15 is 0 Å². The van der Waals surface area contributed by atoms with Crippen LogP contribution in [0.5, 0.6) is 0 Å². The van der Waals surface area contributed by atoms with E-state index in [1.54, 1.807) is 24.3 Å². The molecule has 1 saturated heterocycles. The van der Waals surface area contributed by atoms with Crippen LogP contribution in [0.25, 0.3) is 0 Å². The lowest BCUT2D eigenvalue weighted by Gasteiger charge is -2.42. The Hall–Kier alpha value is -1.90.